The number of nitrogens with one attached hydrogen (secondary N) is 1. The first-order valence-electron chi connectivity index (χ1n) is 8.78. The highest BCUT2D eigenvalue weighted by molar-refractivity contribution is 14.1. The average Bonchev–Trinajstić information content (AvgIpc) is 3.01. The van der Waals surface area contributed by atoms with E-state index in [0.717, 1.165) is 9.13 Å². The Bertz CT molecular complexity index is 1070. The summed E-state index contributed by atoms with van der Waals surface area (Å²) in [6, 6.07) is 15.5. The summed E-state index contributed by atoms with van der Waals surface area (Å²) in [6.07, 6.45) is 0. The number of carbonyl (C=O) groups is 1. The van der Waals surface area contributed by atoms with Crippen molar-refractivity contribution in [3.63, 3.8) is 0 Å². The van der Waals surface area contributed by atoms with Crippen molar-refractivity contribution in [2.75, 3.05) is 19.5 Å². The molecule has 0 saturated heterocycles. The van der Waals surface area contributed by atoms with E-state index in [1.54, 1.807) is 24.3 Å². The maximum atomic E-state index is 13.5. The van der Waals surface area contributed by atoms with Gasteiger partial charge in [0, 0.05) is 14.8 Å². The Morgan fingerprint density at radius 2 is 1.41 bits per heavy atom. The highest BCUT2D eigenvalue weighted by Crippen LogP contribution is 2.50. The van der Waals surface area contributed by atoms with Gasteiger partial charge in [0.1, 0.15) is 5.41 Å². The molecule has 6 nitrogen and oxygen atoms in total. The SMILES string of the molecule is COc1cc(C2(c3ccc(O)c(OC)c3)C(=O)Nc3ccc(I)cc32)ccc1O. The van der Waals surface area contributed by atoms with E-state index in [1.807, 2.05) is 18.2 Å². The molecule has 7 heteroatoms. The van der Waals surface area contributed by atoms with Gasteiger partial charge in [-0.2, -0.15) is 0 Å². The first kappa shape index (κ1) is 19.4. The van der Waals surface area contributed by atoms with Crippen molar-refractivity contribution in [3.8, 4) is 23.0 Å². The van der Waals surface area contributed by atoms with Gasteiger partial charge < -0.3 is 25.0 Å². The zero-order chi connectivity index (χ0) is 20.8. The van der Waals surface area contributed by atoms with E-state index < -0.39 is 5.41 Å². The minimum atomic E-state index is -1.21. The second kappa shape index (κ2) is 7.14. The molecule has 1 amide bonds. The second-order valence-electron chi connectivity index (χ2n) is 6.67. The Kier molecular flexibility index (Phi) is 4.77. The average molecular weight is 503 g/mol. The Morgan fingerprint density at radius 1 is 0.862 bits per heavy atom. The predicted molar refractivity (Wildman–Crippen MR) is 117 cm³/mol. The summed E-state index contributed by atoms with van der Waals surface area (Å²) in [6.45, 7) is 0. The van der Waals surface area contributed by atoms with Crippen molar-refractivity contribution in [2.24, 2.45) is 0 Å². The molecule has 0 unspecified atom stereocenters. The zero-order valence-electron chi connectivity index (χ0n) is 15.7. The third kappa shape index (κ3) is 2.88. The van der Waals surface area contributed by atoms with Gasteiger partial charge in [0.25, 0.3) is 0 Å². The van der Waals surface area contributed by atoms with Crippen LogP contribution >= 0.6 is 22.6 Å². The van der Waals surface area contributed by atoms with Crippen LogP contribution in [0.1, 0.15) is 16.7 Å². The van der Waals surface area contributed by atoms with Crippen LogP contribution in [0, 0.1) is 3.57 Å². The molecule has 0 fully saturated rings. The number of methoxy groups -OCH3 is 2. The van der Waals surface area contributed by atoms with Crippen molar-refractivity contribution in [2.45, 2.75) is 5.41 Å². The maximum absolute atomic E-state index is 13.5. The standard InChI is InChI=1S/C22H18INO5/c1-28-19-9-12(3-7-17(19)25)22(13-4-8-18(26)20(10-13)29-2)15-11-14(23)5-6-16(15)24-21(22)27/h3-11,25-26H,1-2H3,(H,24,27). The van der Waals surface area contributed by atoms with Crippen molar-refractivity contribution >= 4 is 34.2 Å². The van der Waals surface area contributed by atoms with Crippen LogP contribution in [0.2, 0.25) is 0 Å². The fourth-order valence-electron chi connectivity index (χ4n) is 3.84. The third-order valence-electron chi connectivity index (χ3n) is 5.20. The molecule has 1 heterocycles. The van der Waals surface area contributed by atoms with Gasteiger partial charge >= 0.3 is 0 Å². The maximum Gasteiger partial charge on any atom is 0.244 e. The number of phenolic OH excluding ortho intramolecular Hbond substituents is 2. The highest BCUT2D eigenvalue weighted by Gasteiger charge is 2.50. The van der Waals surface area contributed by atoms with E-state index in [0.29, 0.717) is 16.8 Å². The Hall–Kier alpha value is -2.94. The van der Waals surface area contributed by atoms with Gasteiger partial charge in [-0.3, -0.25) is 4.79 Å². The molecule has 0 aliphatic carbocycles. The molecular formula is C22H18INO5. The number of hydrogen-bond acceptors (Lipinski definition) is 5. The lowest BCUT2D eigenvalue weighted by Crippen LogP contribution is -2.37. The number of benzene rings is 3. The quantitative estimate of drug-likeness (QED) is 0.469. The molecule has 3 aromatic carbocycles. The molecule has 29 heavy (non-hydrogen) atoms. The number of aromatic hydroxyl groups is 2. The van der Waals surface area contributed by atoms with Gasteiger partial charge in [-0.15, -0.1) is 0 Å². The Balaban J connectivity index is 2.10. The van der Waals surface area contributed by atoms with Gasteiger partial charge in [-0.25, -0.2) is 0 Å². The van der Waals surface area contributed by atoms with Crippen LogP contribution in [0.15, 0.2) is 54.6 Å². The fourth-order valence-corrected chi connectivity index (χ4v) is 4.33. The zero-order valence-corrected chi connectivity index (χ0v) is 17.9. The molecule has 3 aromatic rings. The molecule has 0 aromatic heterocycles. The molecule has 0 radical (unpaired) electrons. The topological polar surface area (TPSA) is 88.0 Å². The lowest BCUT2D eigenvalue weighted by molar-refractivity contribution is -0.118. The van der Waals surface area contributed by atoms with Crippen molar-refractivity contribution < 1.29 is 24.5 Å². The summed E-state index contributed by atoms with van der Waals surface area (Å²) >= 11 is 2.21. The summed E-state index contributed by atoms with van der Waals surface area (Å²) in [4.78, 5) is 13.5. The number of fused-ring (bicyclic) bond motifs is 1. The largest absolute Gasteiger partial charge is 0.504 e. The molecule has 0 saturated carbocycles. The number of halogens is 1. The molecule has 1 aliphatic heterocycles. The van der Waals surface area contributed by atoms with Gasteiger partial charge in [-0.1, -0.05) is 12.1 Å². The van der Waals surface area contributed by atoms with E-state index in [-0.39, 0.29) is 28.9 Å². The summed E-state index contributed by atoms with van der Waals surface area (Å²) < 4.78 is 11.5. The van der Waals surface area contributed by atoms with Crippen LogP contribution in [0.25, 0.3) is 0 Å². The van der Waals surface area contributed by atoms with Crippen LogP contribution in [0.5, 0.6) is 23.0 Å². The number of ether oxygens (including phenoxy) is 2. The minimum Gasteiger partial charge on any atom is -0.504 e. The number of hydrogen-bond donors (Lipinski definition) is 3. The smallest absolute Gasteiger partial charge is 0.244 e. The van der Waals surface area contributed by atoms with E-state index >= 15 is 0 Å². The molecule has 0 atom stereocenters. The fraction of sp³-hybridized carbons (Fsp3) is 0.136. The first-order valence-corrected chi connectivity index (χ1v) is 9.86. The van der Waals surface area contributed by atoms with Crippen molar-refractivity contribution in [3.05, 3.63) is 74.9 Å². The molecule has 0 bridgehead atoms. The molecule has 4 rings (SSSR count). The van der Waals surface area contributed by atoms with Crippen LogP contribution in [-0.2, 0) is 10.2 Å². The van der Waals surface area contributed by atoms with Crippen molar-refractivity contribution in [1.29, 1.82) is 0 Å². The van der Waals surface area contributed by atoms with Crippen LogP contribution < -0.4 is 14.8 Å². The Morgan fingerprint density at radius 3 is 1.93 bits per heavy atom. The molecule has 1 aliphatic rings. The van der Waals surface area contributed by atoms with Gasteiger partial charge in [0.2, 0.25) is 5.91 Å². The molecule has 148 valence electrons. The third-order valence-corrected chi connectivity index (χ3v) is 5.87. The lowest BCUT2D eigenvalue weighted by atomic mass is 9.70. The summed E-state index contributed by atoms with van der Waals surface area (Å²) in [5.41, 5.74) is 1.51. The summed E-state index contributed by atoms with van der Waals surface area (Å²) in [7, 11) is 2.92. The van der Waals surface area contributed by atoms with Crippen LogP contribution in [0.4, 0.5) is 5.69 Å². The van der Waals surface area contributed by atoms with E-state index in [2.05, 4.69) is 27.9 Å². The van der Waals surface area contributed by atoms with E-state index in [9.17, 15) is 15.0 Å². The monoisotopic (exact) mass is 503 g/mol. The molecule has 0 spiro atoms. The molecular weight excluding hydrogens is 485 g/mol. The first-order chi connectivity index (χ1) is 13.9. The predicted octanol–water partition coefficient (Wildman–Crippen LogP) is 4.01. The summed E-state index contributed by atoms with van der Waals surface area (Å²) in [5, 5.41) is 23.1. The Labute approximate surface area is 181 Å². The summed E-state index contributed by atoms with van der Waals surface area (Å²) in [5.74, 6) is 0.251. The lowest BCUT2D eigenvalue weighted by Gasteiger charge is -2.30. The number of rotatable bonds is 4. The van der Waals surface area contributed by atoms with Crippen LogP contribution in [0.3, 0.4) is 0 Å². The highest BCUT2D eigenvalue weighted by atomic mass is 127. The van der Waals surface area contributed by atoms with Gasteiger partial charge in [0.15, 0.2) is 23.0 Å². The van der Waals surface area contributed by atoms with Crippen LogP contribution in [-0.4, -0.2) is 30.3 Å². The minimum absolute atomic E-state index is 0.0176. The normalized spacial score (nSPS) is 14.2. The van der Waals surface area contributed by atoms with Crippen molar-refractivity contribution in [1.82, 2.24) is 0 Å². The van der Waals surface area contributed by atoms with Gasteiger partial charge in [-0.05, 0) is 76.2 Å². The van der Waals surface area contributed by atoms with Gasteiger partial charge in [0.05, 0.1) is 14.2 Å². The molecule has 3 N–H and O–H groups in total. The number of carbonyl (C=O) groups excluding carboxylic acids is 1. The number of amides is 1. The van der Waals surface area contributed by atoms with E-state index in [1.165, 1.54) is 26.4 Å². The number of phenols is 2. The second-order valence-corrected chi connectivity index (χ2v) is 7.91. The number of anilines is 1. The van der Waals surface area contributed by atoms with E-state index in [4.69, 9.17) is 9.47 Å².